The summed E-state index contributed by atoms with van der Waals surface area (Å²) in [5, 5.41) is 2.94. The Labute approximate surface area is 150 Å². The van der Waals surface area contributed by atoms with Gasteiger partial charge in [-0.1, -0.05) is 0 Å². The van der Waals surface area contributed by atoms with Gasteiger partial charge < -0.3 is 9.80 Å². The molecule has 1 aliphatic rings. The van der Waals surface area contributed by atoms with Crippen LogP contribution in [0.4, 0.5) is 15.8 Å². The van der Waals surface area contributed by atoms with Crippen LogP contribution in [0, 0.1) is 26.6 Å². The van der Waals surface area contributed by atoms with Crippen molar-refractivity contribution in [2.75, 3.05) is 36.0 Å². The molecule has 4 rings (SSSR count). The summed E-state index contributed by atoms with van der Waals surface area (Å²) in [6.07, 6.45) is 0. The molecule has 0 unspecified atom stereocenters. The molecule has 0 aliphatic carbocycles. The number of H-pyrrole nitrogens is 1. The Kier molecular flexibility index (Phi) is 3.90. The number of aromatic amines is 1. The number of nitrogens with zero attached hydrogens (tertiary/aromatic N) is 5. The fourth-order valence-electron chi connectivity index (χ4n) is 3.63. The van der Waals surface area contributed by atoms with E-state index in [0.717, 1.165) is 24.3 Å². The van der Waals surface area contributed by atoms with Gasteiger partial charge in [-0.25, -0.2) is 9.37 Å². The van der Waals surface area contributed by atoms with E-state index in [1.54, 1.807) is 13.0 Å². The number of aromatic nitrogens is 4. The summed E-state index contributed by atoms with van der Waals surface area (Å²) in [6.45, 7) is 8.48. The number of hydrogen-bond donors (Lipinski definition) is 1. The van der Waals surface area contributed by atoms with Crippen molar-refractivity contribution in [2.45, 2.75) is 20.8 Å². The number of rotatable bonds is 2. The maximum absolute atomic E-state index is 13.3. The van der Waals surface area contributed by atoms with Gasteiger partial charge in [0.2, 0.25) is 0 Å². The Morgan fingerprint density at radius 1 is 1.04 bits per heavy atom. The summed E-state index contributed by atoms with van der Waals surface area (Å²) >= 11 is 0. The van der Waals surface area contributed by atoms with Crippen LogP contribution in [0.1, 0.15) is 17.1 Å². The van der Waals surface area contributed by atoms with E-state index in [4.69, 9.17) is 0 Å². The number of piperazine rings is 1. The van der Waals surface area contributed by atoms with E-state index in [1.165, 1.54) is 10.6 Å². The number of aryl methyl sites for hydroxylation is 3. The molecule has 0 spiro atoms. The van der Waals surface area contributed by atoms with Gasteiger partial charge in [-0.15, -0.1) is 0 Å². The molecule has 1 saturated heterocycles. The predicted octanol–water partition coefficient (Wildman–Crippen LogP) is 1.81. The summed E-state index contributed by atoms with van der Waals surface area (Å²) in [5.74, 6) is 0.833. The highest BCUT2D eigenvalue weighted by atomic mass is 19.1. The van der Waals surface area contributed by atoms with Crippen LogP contribution in [0.3, 0.4) is 0 Å². The zero-order chi connectivity index (χ0) is 18.4. The van der Waals surface area contributed by atoms with E-state index in [0.29, 0.717) is 36.1 Å². The molecule has 0 saturated carbocycles. The third kappa shape index (κ3) is 2.71. The molecule has 8 heteroatoms. The minimum Gasteiger partial charge on any atom is -0.368 e. The summed E-state index contributed by atoms with van der Waals surface area (Å²) in [7, 11) is 0. The highest BCUT2D eigenvalue weighted by molar-refractivity contribution is 5.57. The molecule has 0 amide bonds. The first-order valence-corrected chi connectivity index (χ1v) is 8.66. The maximum Gasteiger partial charge on any atom is 0.297 e. The van der Waals surface area contributed by atoms with Crippen molar-refractivity contribution in [2.24, 2.45) is 0 Å². The predicted molar refractivity (Wildman–Crippen MR) is 98.6 cm³/mol. The molecule has 1 aromatic carbocycles. The molecule has 0 atom stereocenters. The zero-order valence-electron chi connectivity index (χ0n) is 15.1. The summed E-state index contributed by atoms with van der Waals surface area (Å²) < 4.78 is 14.7. The highest BCUT2D eigenvalue weighted by Crippen LogP contribution is 2.24. The third-order valence-corrected chi connectivity index (χ3v) is 4.85. The van der Waals surface area contributed by atoms with Crippen molar-refractivity contribution in [1.29, 1.82) is 0 Å². The Morgan fingerprint density at radius 2 is 1.73 bits per heavy atom. The first kappa shape index (κ1) is 16.6. The van der Waals surface area contributed by atoms with Crippen LogP contribution < -0.4 is 15.4 Å². The van der Waals surface area contributed by atoms with Gasteiger partial charge in [-0.05, 0) is 44.5 Å². The van der Waals surface area contributed by atoms with Gasteiger partial charge in [0.05, 0.1) is 5.69 Å². The number of fused-ring (bicyclic) bond motifs is 1. The van der Waals surface area contributed by atoms with Crippen molar-refractivity contribution in [3.8, 4) is 0 Å². The van der Waals surface area contributed by atoms with Gasteiger partial charge in [-0.2, -0.15) is 9.50 Å². The third-order valence-electron chi connectivity index (χ3n) is 4.85. The summed E-state index contributed by atoms with van der Waals surface area (Å²) in [4.78, 5) is 25.8. The van der Waals surface area contributed by atoms with Crippen molar-refractivity contribution < 1.29 is 4.39 Å². The Bertz CT molecular complexity index is 1030. The summed E-state index contributed by atoms with van der Waals surface area (Å²) in [5.41, 5.74) is 3.14. The average Bonchev–Trinajstić information content (AvgIpc) is 2.96. The van der Waals surface area contributed by atoms with E-state index in [-0.39, 0.29) is 11.4 Å². The molecule has 136 valence electrons. The second kappa shape index (κ2) is 6.12. The number of benzene rings is 1. The van der Waals surface area contributed by atoms with Crippen LogP contribution >= 0.6 is 0 Å². The molecule has 3 aromatic rings. The van der Waals surface area contributed by atoms with Crippen LogP contribution in [-0.4, -0.2) is 45.8 Å². The second-order valence-electron chi connectivity index (χ2n) is 6.70. The van der Waals surface area contributed by atoms with Crippen LogP contribution in [0.2, 0.25) is 0 Å². The lowest BCUT2D eigenvalue weighted by molar-refractivity contribution is 0.622. The van der Waals surface area contributed by atoms with Gasteiger partial charge in [-0.3, -0.25) is 9.89 Å². The smallest absolute Gasteiger partial charge is 0.297 e. The molecular weight excluding hydrogens is 335 g/mol. The number of halogens is 1. The number of nitrogens with one attached hydrogen (secondary N) is 1. The first-order chi connectivity index (χ1) is 12.4. The number of hydrogen-bond acceptors (Lipinski definition) is 5. The SMILES string of the molecule is Cc1nc2nc(C)c(N3CCN(c4ccc(F)cc4C)CC3)c(=O)n2[nH]1. The van der Waals surface area contributed by atoms with Gasteiger partial charge in [0.1, 0.15) is 17.3 Å². The highest BCUT2D eigenvalue weighted by Gasteiger charge is 2.24. The van der Waals surface area contributed by atoms with E-state index in [1.807, 2.05) is 19.9 Å². The van der Waals surface area contributed by atoms with E-state index >= 15 is 0 Å². The molecule has 1 aliphatic heterocycles. The molecule has 7 nitrogen and oxygen atoms in total. The lowest BCUT2D eigenvalue weighted by Gasteiger charge is -2.37. The van der Waals surface area contributed by atoms with E-state index in [2.05, 4.69) is 24.9 Å². The normalized spacial score (nSPS) is 15.1. The Morgan fingerprint density at radius 3 is 2.42 bits per heavy atom. The minimum atomic E-state index is -0.220. The molecule has 26 heavy (non-hydrogen) atoms. The van der Waals surface area contributed by atoms with Gasteiger partial charge in [0, 0.05) is 31.9 Å². The van der Waals surface area contributed by atoms with Crippen molar-refractivity contribution in [1.82, 2.24) is 19.6 Å². The van der Waals surface area contributed by atoms with Gasteiger partial charge >= 0.3 is 0 Å². The topological polar surface area (TPSA) is 69.5 Å². The molecule has 0 radical (unpaired) electrons. The quantitative estimate of drug-likeness (QED) is 0.758. The van der Waals surface area contributed by atoms with Crippen molar-refractivity contribution in [3.05, 3.63) is 51.5 Å². The van der Waals surface area contributed by atoms with E-state index in [9.17, 15) is 9.18 Å². The largest absolute Gasteiger partial charge is 0.368 e. The van der Waals surface area contributed by atoms with Gasteiger partial charge in [0.25, 0.3) is 11.3 Å². The Hall–Kier alpha value is -2.90. The van der Waals surface area contributed by atoms with Crippen molar-refractivity contribution >= 4 is 17.2 Å². The van der Waals surface area contributed by atoms with Gasteiger partial charge in [0.15, 0.2) is 0 Å². The molecule has 1 N–H and O–H groups in total. The molecular formula is C18H21FN6O. The molecule has 2 aromatic heterocycles. The lowest BCUT2D eigenvalue weighted by atomic mass is 10.1. The second-order valence-corrected chi connectivity index (χ2v) is 6.70. The molecule has 0 bridgehead atoms. The minimum absolute atomic E-state index is 0.125. The number of anilines is 2. The fourth-order valence-corrected chi connectivity index (χ4v) is 3.63. The van der Waals surface area contributed by atoms with Crippen LogP contribution in [0.5, 0.6) is 0 Å². The maximum atomic E-state index is 13.3. The Balaban J connectivity index is 1.60. The van der Waals surface area contributed by atoms with Crippen LogP contribution in [-0.2, 0) is 0 Å². The average molecular weight is 356 g/mol. The standard InChI is InChI=1S/C18H21FN6O/c1-11-10-14(19)4-5-15(11)23-6-8-24(9-7-23)16-12(2)20-18-21-13(3)22-25(18)17(16)26/h4-5,10H,6-9H2,1-3H3,(H,20,21,22). The fraction of sp³-hybridized carbons (Fsp3) is 0.389. The molecule has 1 fully saturated rings. The monoisotopic (exact) mass is 356 g/mol. The van der Waals surface area contributed by atoms with Crippen LogP contribution in [0.25, 0.3) is 5.78 Å². The van der Waals surface area contributed by atoms with Crippen LogP contribution in [0.15, 0.2) is 23.0 Å². The summed E-state index contributed by atoms with van der Waals surface area (Å²) in [6, 6.07) is 4.86. The molecule has 3 heterocycles. The first-order valence-electron chi connectivity index (χ1n) is 8.66. The zero-order valence-corrected chi connectivity index (χ0v) is 15.1. The lowest BCUT2D eigenvalue weighted by Crippen LogP contribution is -2.48. The van der Waals surface area contributed by atoms with E-state index < -0.39 is 0 Å². The van der Waals surface area contributed by atoms with Crippen molar-refractivity contribution in [3.63, 3.8) is 0 Å².